The lowest BCUT2D eigenvalue weighted by Crippen LogP contribution is -2.44. The van der Waals surface area contributed by atoms with E-state index in [0.717, 1.165) is 18.9 Å². The van der Waals surface area contributed by atoms with Crippen molar-refractivity contribution in [3.8, 4) is 0 Å². The lowest BCUT2D eigenvalue weighted by molar-refractivity contribution is 0.161. The van der Waals surface area contributed by atoms with Gasteiger partial charge in [0.15, 0.2) is 0 Å². The molecule has 1 fully saturated rings. The van der Waals surface area contributed by atoms with Crippen LogP contribution in [0, 0.1) is 23.0 Å². The molecule has 4 heteroatoms. The van der Waals surface area contributed by atoms with Crippen LogP contribution < -0.4 is 11.3 Å². The van der Waals surface area contributed by atoms with Gasteiger partial charge in [-0.1, -0.05) is 13.8 Å². The van der Waals surface area contributed by atoms with Crippen molar-refractivity contribution in [2.75, 3.05) is 0 Å². The molecule has 3 N–H and O–H groups in total. The van der Waals surface area contributed by atoms with Crippen LogP contribution in [-0.2, 0) is 6.42 Å². The largest absolute Gasteiger partial charge is 0.271 e. The Morgan fingerprint density at radius 1 is 1.20 bits per heavy atom. The van der Waals surface area contributed by atoms with Gasteiger partial charge in [-0.05, 0) is 61.1 Å². The summed E-state index contributed by atoms with van der Waals surface area (Å²) in [7, 11) is 0. The third kappa shape index (κ3) is 4.00. The van der Waals surface area contributed by atoms with E-state index in [-0.39, 0.29) is 6.04 Å². The number of nitrogens with one attached hydrogen (secondary N) is 1. The first-order valence-electron chi connectivity index (χ1n) is 7.31. The SMILES string of the molecule is CC1(C)CCC(C(Cc2cc(F)cc(F)c2)NN)CC1. The van der Waals surface area contributed by atoms with E-state index >= 15 is 0 Å². The van der Waals surface area contributed by atoms with E-state index in [1.165, 1.54) is 25.0 Å². The highest BCUT2D eigenvalue weighted by Gasteiger charge is 2.31. The van der Waals surface area contributed by atoms with Gasteiger partial charge < -0.3 is 0 Å². The molecule has 1 unspecified atom stereocenters. The van der Waals surface area contributed by atoms with Gasteiger partial charge in [0.1, 0.15) is 11.6 Å². The summed E-state index contributed by atoms with van der Waals surface area (Å²) in [6.07, 6.45) is 5.14. The molecule has 0 spiro atoms. The number of hydrogen-bond donors (Lipinski definition) is 2. The molecule has 1 aromatic rings. The first-order chi connectivity index (χ1) is 9.39. The molecule has 1 saturated carbocycles. The zero-order valence-electron chi connectivity index (χ0n) is 12.3. The van der Waals surface area contributed by atoms with Gasteiger partial charge in [-0.25, -0.2) is 8.78 Å². The van der Waals surface area contributed by atoms with Crippen LogP contribution >= 0.6 is 0 Å². The maximum atomic E-state index is 13.2. The normalized spacial score (nSPS) is 20.9. The van der Waals surface area contributed by atoms with E-state index in [2.05, 4.69) is 19.3 Å². The molecule has 0 aliphatic heterocycles. The van der Waals surface area contributed by atoms with Gasteiger partial charge in [-0.2, -0.15) is 0 Å². The van der Waals surface area contributed by atoms with Crippen molar-refractivity contribution < 1.29 is 8.78 Å². The minimum atomic E-state index is -0.527. The third-order valence-electron chi connectivity index (χ3n) is 4.54. The summed E-state index contributed by atoms with van der Waals surface area (Å²) in [4.78, 5) is 0. The Kier molecular flexibility index (Phi) is 4.76. The zero-order valence-corrected chi connectivity index (χ0v) is 12.3. The standard InChI is InChI=1S/C16H24F2N2/c1-16(2)5-3-12(4-6-16)15(20-19)9-11-7-13(17)10-14(18)8-11/h7-8,10,12,15,20H,3-6,9,19H2,1-2H3. The number of rotatable bonds is 4. The second-order valence-corrected chi connectivity index (χ2v) is 6.76. The molecule has 0 bridgehead atoms. The van der Waals surface area contributed by atoms with E-state index < -0.39 is 11.6 Å². The van der Waals surface area contributed by atoms with Gasteiger partial charge in [0.2, 0.25) is 0 Å². The van der Waals surface area contributed by atoms with Crippen LogP contribution in [0.4, 0.5) is 8.78 Å². The summed E-state index contributed by atoms with van der Waals surface area (Å²) in [6.45, 7) is 4.58. The number of hydrazine groups is 1. The van der Waals surface area contributed by atoms with Crippen LogP contribution in [0.1, 0.15) is 45.1 Å². The van der Waals surface area contributed by atoms with Gasteiger partial charge in [0.05, 0.1) is 0 Å². The Hall–Kier alpha value is -1.00. The average Bonchev–Trinajstić information content (AvgIpc) is 2.35. The second kappa shape index (κ2) is 6.19. The smallest absolute Gasteiger partial charge is 0.126 e. The van der Waals surface area contributed by atoms with Gasteiger partial charge in [0, 0.05) is 12.1 Å². The predicted octanol–water partition coefficient (Wildman–Crippen LogP) is 3.56. The van der Waals surface area contributed by atoms with Gasteiger partial charge in [0.25, 0.3) is 0 Å². The predicted molar refractivity (Wildman–Crippen MR) is 76.9 cm³/mol. The van der Waals surface area contributed by atoms with E-state index in [1.54, 1.807) is 0 Å². The van der Waals surface area contributed by atoms with E-state index in [9.17, 15) is 8.78 Å². The van der Waals surface area contributed by atoms with Crippen molar-refractivity contribution in [2.45, 2.75) is 52.0 Å². The Morgan fingerprint density at radius 3 is 2.25 bits per heavy atom. The van der Waals surface area contributed by atoms with Crippen LogP contribution in [0.3, 0.4) is 0 Å². The van der Waals surface area contributed by atoms with E-state index in [4.69, 9.17) is 5.84 Å². The molecule has 2 rings (SSSR count). The highest BCUT2D eigenvalue weighted by Crippen LogP contribution is 2.39. The summed E-state index contributed by atoms with van der Waals surface area (Å²) in [5.41, 5.74) is 3.91. The summed E-state index contributed by atoms with van der Waals surface area (Å²) in [6, 6.07) is 3.75. The fourth-order valence-corrected chi connectivity index (χ4v) is 3.17. The first kappa shape index (κ1) is 15.4. The maximum Gasteiger partial charge on any atom is 0.126 e. The van der Waals surface area contributed by atoms with Crippen LogP contribution in [0.25, 0.3) is 0 Å². The van der Waals surface area contributed by atoms with Gasteiger partial charge in [-0.3, -0.25) is 11.3 Å². The van der Waals surface area contributed by atoms with Gasteiger partial charge in [-0.15, -0.1) is 0 Å². The second-order valence-electron chi connectivity index (χ2n) is 6.76. The Morgan fingerprint density at radius 2 is 1.75 bits per heavy atom. The quantitative estimate of drug-likeness (QED) is 0.654. The molecule has 0 heterocycles. The van der Waals surface area contributed by atoms with Crippen molar-refractivity contribution in [3.63, 3.8) is 0 Å². The minimum absolute atomic E-state index is 0.0762. The van der Waals surface area contributed by atoms with Crippen LogP contribution in [0.15, 0.2) is 18.2 Å². The first-order valence-corrected chi connectivity index (χ1v) is 7.31. The van der Waals surface area contributed by atoms with Gasteiger partial charge >= 0.3 is 0 Å². The fraction of sp³-hybridized carbons (Fsp3) is 0.625. The van der Waals surface area contributed by atoms with Crippen molar-refractivity contribution in [3.05, 3.63) is 35.4 Å². The molecule has 1 aliphatic rings. The number of benzene rings is 1. The number of hydrogen-bond acceptors (Lipinski definition) is 2. The highest BCUT2D eigenvalue weighted by molar-refractivity contribution is 5.19. The van der Waals surface area contributed by atoms with Crippen molar-refractivity contribution in [1.29, 1.82) is 0 Å². The maximum absolute atomic E-state index is 13.2. The fourth-order valence-electron chi connectivity index (χ4n) is 3.17. The molecule has 1 aliphatic carbocycles. The molecule has 0 radical (unpaired) electrons. The summed E-state index contributed by atoms with van der Waals surface area (Å²) >= 11 is 0. The Balaban J connectivity index is 2.02. The van der Waals surface area contributed by atoms with Crippen LogP contribution in [0.5, 0.6) is 0 Å². The van der Waals surface area contributed by atoms with Crippen molar-refractivity contribution >= 4 is 0 Å². The third-order valence-corrected chi connectivity index (χ3v) is 4.54. The average molecular weight is 282 g/mol. The molecular formula is C16H24F2N2. The topological polar surface area (TPSA) is 38.0 Å². The lowest BCUT2D eigenvalue weighted by atomic mass is 9.70. The monoisotopic (exact) mass is 282 g/mol. The molecule has 1 aromatic carbocycles. The van der Waals surface area contributed by atoms with Crippen LogP contribution in [0.2, 0.25) is 0 Å². The molecule has 20 heavy (non-hydrogen) atoms. The van der Waals surface area contributed by atoms with Crippen molar-refractivity contribution in [1.82, 2.24) is 5.43 Å². The molecule has 0 aromatic heterocycles. The minimum Gasteiger partial charge on any atom is -0.271 e. The van der Waals surface area contributed by atoms with Crippen molar-refractivity contribution in [2.24, 2.45) is 17.2 Å². The summed E-state index contributed by atoms with van der Waals surface area (Å²) in [5, 5.41) is 0. The highest BCUT2D eigenvalue weighted by atomic mass is 19.1. The Labute approximate surface area is 119 Å². The molecule has 0 amide bonds. The number of nitrogens with two attached hydrogens (primary N) is 1. The van der Waals surface area contributed by atoms with E-state index in [1.807, 2.05) is 0 Å². The molecule has 0 saturated heterocycles. The molecular weight excluding hydrogens is 258 g/mol. The zero-order chi connectivity index (χ0) is 14.8. The lowest BCUT2D eigenvalue weighted by Gasteiger charge is -2.37. The molecule has 1 atom stereocenters. The Bertz CT molecular complexity index is 430. The molecule has 2 nitrogen and oxygen atoms in total. The van der Waals surface area contributed by atoms with E-state index in [0.29, 0.717) is 23.3 Å². The summed E-state index contributed by atoms with van der Waals surface area (Å²) < 4.78 is 26.5. The summed E-state index contributed by atoms with van der Waals surface area (Å²) in [5.74, 6) is 5.07. The number of halogens is 2. The van der Waals surface area contributed by atoms with Crippen LogP contribution in [-0.4, -0.2) is 6.04 Å². The molecule has 112 valence electrons.